The molecule has 2 heterocycles. The summed E-state index contributed by atoms with van der Waals surface area (Å²) >= 11 is 6.05. The molecule has 0 saturated carbocycles. The Morgan fingerprint density at radius 1 is 1.21 bits per heavy atom. The van der Waals surface area contributed by atoms with Gasteiger partial charge in [-0.3, -0.25) is 4.79 Å². The summed E-state index contributed by atoms with van der Waals surface area (Å²) < 4.78 is 15.2. The van der Waals surface area contributed by atoms with Crippen LogP contribution in [-0.4, -0.2) is 15.7 Å². The summed E-state index contributed by atoms with van der Waals surface area (Å²) in [7, 11) is 0. The van der Waals surface area contributed by atoms with Crippen LogP contribution in [-0.2, 0) is 4.79 Å². The van der Waals surface area contributed by atoms with Gasteiger partial charge in [-0.1, -0.05) is 29.8 Å². The zero-order valence-electron chi connectivity index (χ0n) is 12.5. The van der Waals surface area contributed by atoms with Gasteiger partial charge < -0.3 is 5.32 Å². The summed E-state index contributed by atoms with van der Waals surface area (Å²) in [4.78, 5) is 12.2. The maximum absolute atomic E-state index is 13.6. The summed E-state index contributed by atoms with van der Waals surface area (Å²) in [6.45, 7) is 0. The first-order valence-corrected chi connectivity index (χ1v) is 7.89. The van der Waals surface area contributed by atoms with Crippen LogP contribution in [0.5, 0.6) is 0 Å². The maximum Gasteiger partial charge on any atom is 0.226 e. The molecule has 2 aromatic carbocycles. The number of halogens is 2. The van der Waals surface area contributed by atoms with Crippen LogP contribution in [0, 0.1) is 5.82 Å². The third kappa shape index (κ3) is 2.57. The summed E-state index contributed by atoms with van der Waals surface area (Å²) in [5, 5.41) is 7.84. The molecule has 1 N–H and O–H groups in total. The Labute approximate surface area is 142 Å². The van der Waals surface area contributed by atoms with Gasteiger partial charge in [0.25, 0.3) is 0 Å². The molecule has 0 radical (unpaired) electrons. The van der Waals surface area contributed by atoms with Crippen LogP contribution >= 0.6 is 11.6 Å². The van der Waals surface area contributed by atoms with Crippen LogP contribution in [0.25, 0.3) is 5.69 Å². The maximum atomic E-state index is 13.6. The minimum absolute atomic E-state index is 0.125. The van der Waals surface area contributed by atoms with Gasteiger partial charge in [0.2, 0.25) is 5.91 Å². The molecule has 1 atom stereocenters. The van der Waals surface area contributed by atoms with E-state index in [0.29, 0.717) is 10.8 Å². The molecule has 120 valence electrons. The average molecular weight is 342 g/mol. The van der Waals surface area contributed by atoms with Gasteiger partial charge in [-0.15, -0.1) is 0 Å². The Kier molecular flexibility index (Phi) is 3.58. The molecule has 1 amide bonds. The van der Waals surface area contributed by atoms with Gasteiger partial charge in [0, 0.05) is 22.9 Å². The topological polar surface area (TPSA) is 46.9 Å². The Balaban J connectivity index is 1.83. The van der Waals surface area contributed by atoms with Gasteiger partial charge in [-0.2, -0.15) is 5.10 Å². The van der Waals surface area contributed by atoms with Gasteiger partial charge in [-0.25, -0.2) is 9.07 Å². The number of hydrogen-bond donors (Lipinski definition) is 1. The molecule has 1 unspecified atom stereocenters. The Morgan fingerprint density at radius 2 is 2.04 bits per heavy atom. The lowest BCUT2D eigenvalue weighted by Crippen LogP contribution is -2.24. The van der Waals surface area contributed by atoms with Crippen molar-refractivity contribution in [1.29, 1.82) is 0 Å². The smallest absolute Gasteiger partial charge is 0.226 e. The van der Waals surface area contributed by atoms with Crippen LogP contribution in [0.4, 0.5) is 10.2 Å². The van der Waals surface area contributed by atoms with E-state index in [4.69, 9.17) is 11.6 Å². The first-order valence-electron chi connectivity index (χ1n) is 7.51. The molecule has 0 aliphatic carbocycles. The highest BCUT2D eigenvalue weighted by Crippen LogP contribution is 2.38. The molecule has 0 saturated heterocycles. The average Bonchev–Trinajstić information content (AvgIpc) is 2.97. The highest BCUT2D eigenvalue weighted by atomic mass is 35.5. The summed E-state index contributed by atoms with van der Waals surface area (Å²) in [5.41, 5.74) is 2.38. The molecule has 3 aromatic rings. The van der Waals surface area contributed by atoms with Crippen molar-refractivity contribution < 1.29 is 9.18 Å². The van der Waals surface area contributed by atoms with Crippen molar-refractivity contribution in [3.05, 3.63) is 76.7 Å². The van der Waals surface area contributed by atoms with Crippen molar-refractivity contribution in [3.8, 4) is 5.69 Å². The number of nitrogens with zero attached hydrogens (tertiary/aromatic N) is 2. The number of carbonyl (C=O) groups is 1. The number of amides is 1. The zero-order valence-corrected chi connectivity index (χ0v) is 13.3. The van der Waals surface area contributed by atoms with E-state index in [-0.39, 0.29) is 24.1 Å². The van der Waals surface area contributed by atoms with E-state index >= 15 is 0 Å². The van der Waals surface area contributed by atoms with Gasteiger partial charge in [0.15, 0.2) is 0 Å². The Bertz CT molecular complexity index is 938. The second-order valence-electron chi connectivity index (χ2n) is 5.70. The molecule has 0 bridgehead atoms. The van der Waals surface area contributed by atoms with E-state index in [2.05, 4.69) is 10.4 Å². The Morgan fingerprint density at radius 3 is 2.83 bits per heavy atom. The fourth-order valence-corrected chi connectivity index (χ4v) is 3.23. The van der Waals surface area contributed by atoms with Crippen LogP contribution < -0.4 is 5.32 Å². The standard InChI is InChI=1S/C18H13ClFN3O/c19-12-4-2-6-14(8-12)23-18-16(10-21-23)15(9-17(24)22-18)11-3-1-5-13(20)7-11/h1-8,10,15H,9H2,(H,22,24). The van der Waals surface area contributed by atoms with E-state index in [1.54, 1.807) is 29.1 Å². The molecule has 0 fully saturated rings. The van der Waals surface area contributed by atoms with E-state index in [0.717, 1.165) is 16.8 Å². The van der Waals surface area contributed by atoms with Crippen LogP contribution in [0.3, 0.4) is 0 Å². The van der Waals surface area contributed by atoms with Crippen molar-refractivity contribution in [3.63, 3.8) is 0 Å². The first kappa shape index (κ1) is 14.9. The first-order chi connectivity index (χ1) is 11.6. The lowest BCUT2D eigenvalue weighted by Gasteiger charge is -2.23. The summed E-state index contributed by atoms with van der Waals surface area (Å²) in [6, 6.07) is 13.6. The normalized spacial score (nSPS) is 16.6. The lowest BCUT2D eigenvalue weighted by molar-refractivity contribution is -0.116. The molecule has 4 nitrogen and oxygen atoms in total. The van der Waals surface area contributed by atoms with Crippen molar-refractivity contribution in [2.75, 3.05) is 5.32 Å². The monoisotopic (exact) mass is 341 g/mol. The molecule has 24 heavy (non-hydrogen) atoms. The molecule has 1 aliphatic rings. The number of nitrogens with one attached hydrogen (secondary N) is 1. The lowest BCUT2D eigenvalue weighted by atomic mass is 9.87. The third-order valence-corrected chi connectivity index (χ3v) is 4.36. The summed E-state index contributed by atoms with van der Waals surface area (Å²) in [5.74, 6) is -0.0667. The quantitative estimate of drug-likeness (QED) is 0.761. The van der Waals surface area contributed by atoms with Crippen molar-refractivity contribution in [2.24, 2.45) is 0 Å². The van der Waals surface area contributed by atoms with Crippen molar-refractivity contribution >= 4 is 23.3 Å². The molecule has 1 aliphatic heterocycles. The van der Waals surface area contributed by atoms with Crippen LogP contribution in [0.15, 0.2) is 54.7 Å². The number of anilines is 1. The van der Waals surface area contributed by atoms with Crippen LogP contribution in [0.2, 0.25) is 5.02 Å². The number of fused-ring (bicyclic) bond motifs is 1. The minimum Gasteiger partial charge on any atom is -0.310 e. The highest BCUT2D eigenvalue weighted by molar-refractivity contribution is 6.30. The summed E-state index contributed by atoms with van der Waals surface area (Å²) in [6.07, 6.45) is 1.98. The predicted molar refractivity (Wildman–Crippen MR) is 90.1 cm³/mol. The fourth-order valence-electron chi connectivity index (χ4n) is 3.04. The van der Waals surface area contributed by atoms with Gasteiger partial charge in [0.05, 0.1) is 11.9 Å². The molecule has 0 spiro atoms. The molecular weight excluding hydrogens is 329 g/mol. The van der Waals surface area contributed by atoms with E-state index in [9.17, 15) is 9.18 Å². The second-order valence-corrected chi connectivity index (χ2v) is 6.14. The third-order valence-electron chi connectivity index (χ3n) is 4.12. The SMILES string of the molecule is O=C1CC(c2cccc(F)c2)c2cnn(-c3cccc(Cl)c3)c2N1. The number of benzene rings is 2. The highest BCUT2D eigenvalue weighted by Gasteiger charge is 2.30. The molecule has 1 aromatic heterocycles. The predicted octanol–water partition coefficient (Wildman–Crippen LogP) is 4.14. The van der Waals surface area contributed by atoms with Crippen molar-refractivity contribution in [1.82, 2.24) is 9.78 Å². The largest absolute Gasteiger partial charge is 0.310 e. The molecular formula is C18H13ClFN3O. The van der Waals surface area contributed by atoms with Gasteiger partial charge >= 0.3 is 0 Å². The fraction of sp³-hybridized carbons (Fsp3) is 0.111. The number of carbonyl (C=O) groups excluding carboxylic acids is 1. The number of hydrogen-bond acceptors (Lipinski definition) is 2. The minimum atomic E-state index is -0.317. The number of aromatic nitrogens is 2. The molecule has 6 heteroatoms. The number of rotatable bonds is 2. The molecule has 4 rings (SSSR count). The van der Waals surface area contributed by atoms with Crippen molar-refractivity contribution in [2.45, 2.75) is 12.3 Å². The second kappa shape index (κ2) is 5.76. The van der Waals surface area contributed by atoms with Crippen LogP contribution in [0.1, 0.15) is 23.5 Å². The Hall–Kier alpha value is -2.66. The zero-order chi connectivity index (χ0) is 16.7. The van der Waals surface area contributed by atoms with E-state index < -0.39 is 0 Å². The van der Waals surface area contributed by atoms with E-state index in [1.807, 2.05) is 18.2 Å². The van der Waals surface area contributed by atoms with Gasteiger partial charge in [0.1, 0.15) is 11.6 Å². The van der Waals surface area contributed by atoms with E-state index in [1.165, 1.54) is 12.1 Å². The van der Waals surface area contributed by atoms with Gasteiger partial charge in [-0.05, 0) is 35.9 Å².